The Morgan fingerprint density at radius 1 is 1.60 bits per heavy atom. The monoisotopic (exact) mass is 215 g/mol. The summed E-state index contributed by atoms with van der Waals surface area (Å²) in [5, 5.41) is 12.3. The summed E-state index contributed by atoms with van der Waals surface area (Å²) in [6.45, 7) is 3.43. The summed E-state index contributed by atoms with van der Waals surface area (Å²) in [4.78, 5) is 10.9. The zero-order valence-electron chi connectivity index (χ0n) is 9.58. The number of nitrogens with one attached hydrogen (secondary N) is 1. The Morgan fingerprint density at radius 3 is 2.67 bits per heavy atom. The van der Waals surface area contributed by atoms with Crippen LogP contribution in [0.25, 0.3) is 0 Å². The van der Waals surface area contributed by atoms with Gasteiger partial charge < -0.3 is 15.2 Å². The zero-order chi connectivity index (χ0) is 11.3. The van der Waals surface area contributed by atoms with E-state index >= 15 is 0 Å². The van der Waals surface area contributed by atoms with Crippen molar-refractivity contribution in [2.75, 3.05) is 20.3 Å². The van der Waals surface area contributed by atoms with Crippen molar-refractivity contribution < 1.29 is 14.6 Å². The van der Waals surface area contributed by atoms with Crippen molar-refractivity contribution in [2.24, 2.45) is 5.92 Å². The Hall–Kier alpha value is -0.610. The number of hydrogen-bond acceptors (Lipinski definition) is 3. The molecule has 2 N–H and O–H groups in total. The molecule has 0 bridgehead atoms. The number of carboxylic acid groups (broad SMARTS) is 1. The van der Waals surface area contributed by atoms with Crippen LogP contribution in [0.3, 0.4) is 0 Å². The van der Waals surface area contributed by atoms with Gasteiger partial charge in [0.25, 0.3) is 0 Å². The highest BCUT2D eigenvalue weighted by Gasteiger charge is 2.46. The molecule has 0 saturated heterocycles. The summed E-state index contributed by atoms with van der Waals surface area (Å²) in [7, 11) is 1.63. The van der Waals surface area contributed by atoms with Gasteiger partial charge in [0.15, 0.2) is 0 Å². The van der Waals surface area contributed by atoms with Gasteiger partial charge in [0, 0.05) is 7.11 Å². The lowest BCUT2D eigenvalue weighted by atomic mass is 9.90. The van der Waals surface area contributed by atoms with Crippen LogP contribution in [-0.4, -0.2) is 36.9 Å². The van der Waals surface area contributed by atoms with Gasteiger partial charge >= 0.3 is 5.97 Å². The first kappa shape index (κ1) is 12.5. The van der Waals surface area contributed by atoms with Crippen LogP contribution in [0.4, 0.5) is 0 Å². The SMILES string of the molecule is CCCNC(COC)(CC(=O)O)C1CC1. The Labute approximate surface area is 91.0 Å². The first-order valence-electron chi connectivity index (χ1n) is 5.60. The van der Waals surface area contributed by atoms with Gasteiger partial charge in [0.1, 0.15) is 0 Å². The van der Waals surface area contributed by atoms with Gasteiger partial charge in [-0.3, -0.25) is 4.79 Å². The van der Waals surface area contributed by atoms with Gasteiger partial charge in [-0.15, -0.1) is 0 Å². The number of methoxy groups -OCH3 is 1. The molecule has 0 amide bonds. The van der Waals surface area contributed by atoms with E-state index in [0.717, 1.165) is 25.8 Å². The summed E-state index contributed by atoms with van der Waals surface area (Å²) < 4.78 is 5.18. The summed E-state index contributed by atoms with van der Waals surface area (Å²) >= 11 is 0. The second-order valence-electron chi connectivity index (χ2n) is 4.36. The molecule has 1 aliphatic rings. The lowest BCUT2D eigenvalue weighted by molar-refractivity contribution is -0.139. The van der Waals surface area contributed by atoms with Gasteiger partial charge in [-0.1, -0.05) is 6.92 Å². The van der Waals surface area contributed by atoms with Gasteiger partial charge in [0.05, 0.1) is 18.6 Å². The van der Waals surface area contributed by atoms with E-state index in [-0.39, 0.29) is 12.0 Å². The Bertz CT molecular complexity index is 216. The zero-order valence-corrected chi connectivity index (χ0v) is 9.58. The number of carboxylic acids is 1. The molecule has 1 atom stereocenters. The van der Waals surface area contributed by atoms with E-state index in [1.807, 2.05) is 0 Å². The molecule has 88 valence electrons. The Kier molecular flexibility index (Phi) is 4.54. The number of hydrogen-bond donors (Lipinski definition) is 2. The van der Waals surface area contributed by atoms with Crippen LogP contribution in [0.2, 0.25) is 0 Å². The third kappa shape index (κ3) is 3.47. The van der Waals surface area contributed by atoms with Crippen molar-refractivity contribution in [3.63, 3.8) is 0 Å². The largest absolute Gasteiger partial charge is 0.481 e. The second kappa shape index (κ2) is 5.47. The first-order valence-corrected chi connectivity index (χ1v) is 5.60. The molecule has 0 aliphatic heterocycles. The molecule has 0 heterocycles. The van der Waals surface area contributed by atoms with E-state index < -0.39 is 5.97 Å². The van der Waals surface area contributed by atoms with Crippen LogP contribution in [-0.2, 0) is 9.53 Å². The summed E-state index contributed by atoms with van der Waals surface area (Å²) in [6.07, 6.45) is 3.41. The number of rotatable bonds is 8. The van der Waals surface area contributed by atoms with E-state index in [2.05, 4.69) is 12.2 Å². The van der Waals surface area contributed by atoms with Gasteiger partial charge in [-0.25, -0.2) is 0 Å². The van der Waals surface area contributed by atoms with Crippen LogP contribution in [0.5, 0.6) is 0 Å². The van der Waals surface area contributed by atoms with Gasteiger partial charge in [-0.2, -0.15) is 0 Å². The fraction of sp³-hybridized carbons (Fsp3) is 0.909. The van der Waals surface area contributed by atoms with Crippen molar-refractivity contribution in [1.82, 2.24) is 5.32 Å². The molecule has 15 heavy (non-hydrogen) atoms. The van der Waals surface area contributed by atoms with E-state index in [1.54, 1.807) is 7.11 Å². The quantitative estimate of drug-likeness (QED) is 0.640. The highest BCUT2D eigenvalue weighted by molar-refractivity contribution is 5.68. The average molecular weight is 215 g/mol. The van der Waals surface area contributed by atoms with Crippen LogP contribution in [0, 0.1) is 5.92 Å². The van der Waals surface area contributed by atoms with Crippen LogP contribution >= 0.6 is 0 Å². The number of ether oxygens (including phenoxy) is 1. The maximum Gasteiger partial charge on any atom is 0.305 e. The minimum Gasteiger partial charge on any atom is -0.481 e. The van der Waals surface area contributed by atoms with Crippen molar-refractivity contribution in [3.8, 4) is 0 Å². The molecule has 4 nitrogen and oxygen atoms in total. The Morgan fingerprint density at radius 2 is 2.27 bits per heavy atom. The number of carbonyl (C=O) groups is 1. The third-order valence-electron chi connectivity index (χ3n) is 2.95. The smallest absolute Gasteiger partial charge is 0.305 e. The van der Waals surface area contributed by atoms with Crippen LogP contribution in [0.15, 0.2) is 0 Å². The highest BCUT2D eigenvalue weighted by atomic mass is 16.5. The predicted octanol–water partition coefficient (Wildman–Crippen LogP) is 1.26. The van der Waals surface area contributed by atoms with Gasteiger partial charge in [-0.05, 0) is 31.7 Å². The van der Waals surface area contributed by atoms with Crippen molar-refractivity contribution in [1.29, 1.82) is 0 Å². The Balaban J connectivity index is 2.63. The molecule has 1 aliphatic carbocycles. The molecule has 0 aromatic carbocycles. The predicted molar refractivity (Wildman–Crippen MR) is 57.9 cm³/mol. The standard InChI is InChI=1S/C11H21NO3/c1-3-6-12-11(8-15-2,7-10(13)14)9-4-5-9/h9,12H,3-8H2,1-2H3,(H,13,14). The normalized spacial score (nSPS) is 19.9. The highest BCUT2D eigenvalue weighted by Crippen LogP contribution is 2.41. The second-order valence-corrected chi connectivity index (χ2v) is 4.36. The molecule has 1 fully saturated rings. The molecular weight excluding hydrogens is 194 g/mol. The lowest BCUT2D eigenvalue weighted by Gasteiger charge is -2.33. The maximum absolute atomic E-state index is 10.9. The molecule has 0 radical (unpaired) electrons. The first-order chi connectivity index (χ1) is 7.14. The van der Waals surface area contributed by atoms with E-state index in [9.17, 15) is 4.79 Å². The molecule has 0 spiro atoms. The topological polar surface area (TPSA) is 58.6 Å². The third-order valence-corrected chi connectivity index (χ3v) is 2.95. The fourth-order valence-corrected chi connectivity index (χ4v) is 2.11. The maximum atomic E-state index is 10.9. The van der Waals surface area contributed by atoms with Crippen LogP contribution in [0.1, 0.15) is 32.6 Å². The molecule has 1 rings (SSSR count). The van der Waals surface area contributed by atoms with Crippen LogP contribution < -0.4 is 5.32 Å². The average Bonchev–Trinajstić information content (AvgIpc) is 2.97. The minimum atomic E-state index is -0.748. The van der Waals surface area contributed by atoms with E-state index in [4.69, 9.17) is 9.84 Å². The molecule has 0 aromatic heterocycles. The fourth-order valence-electron chi connectivity index (χ4n) is 2.11. The van der Waals surface area contributed by atoms with Crippen molar-refractivity contribution >= 4 is 5.97 Å². The van der Waals surface area contributed by atoms with Gasteiger partial charge in [0.2, 0.25) is 0 Å². The number of aliphatic carboxylic acids is 1. The lowest BCUT2D eigenvalue weighted by Crippen LogP contribution is -2.52. The summed E-state index contributed by atoms with van der Waals surface area (Å²) in [5.74, 6) is -0.275. The summed E-state index contributed by atoms with van der Waals surface area (Å²) in [5.41, 5.74) is -0.337. The molecule has 4 heteroatoms. The molecule has 0 aromatic rings. The molecular formula is C11H21NO3. The minimum absolute atomic E-state index is 0.158. The van der Waals surface area contributed by atoms with E-state index in [0.29, 0.717) is 12.5 Å². The molecule has 1 unspecified atom stereocenters. The van der Waals surface area contributed by atoms with Crippen molar-refractivity contribution in [2.45, 2.75) is 38.1 Å². The van der Waals surface area contributed by atoms with Crippen molar-refractivity contribution in [3.05, 3.63) is 0 Å². The molecule has 1 saturated carbocycles. The van der Waals surface area contributed by atoms with E-state index in [1.165, 1.54) is 0 Å². The summed E-state index contributed by atoms with van der Waals surface area (Å²) in [6, 6.07) is 0.